The van der Waals surface area contributed by atoms with Gasteiger partial charge in [-0.1, -0.05) is 66.7 Å². The lowest BCUT2D eigenvalue weighted by Gasteiger charge is -2.04. The van der Waals surface area contributed by atoms with Gasteiger partial charge in [0.15, 0.2) is 0 Å². The minimum Gasteiger partial charge on any atom is -0.306 e. The van der Waals surface area contributed by atoms with E-state index in [-0.39, 0.29) is 5.56 Å². The molecule has 0 spiro atoms. The molecular formula is C23H17N3O. The van der Waals surface area contributed by atoms with E-state index in [9.17, 15) is 4.79 Å². The normalized spacial score (nSPS) is 11.3. The van der Waals surface area contributed by atoms with Crippen molar-refractivity contribution in [3.63, 3.8) is 0 Å². The van der Waals surface area contributed by atoms with Gasteiger partial charge < -0.3 is 4.98 Å². The van der Waals surface area contributed by atoms with Gasteiger partial charge >= 0.3 is 0 Å². The van der Waals surface area contributed by atoms with Crippen molar-refractivity contribution in [1.29, 1.82) is 0 Å². The lowest BCUT2D eigenvalue weighted by molar-refractivity contribution is 0.926. The summed E-state index contributed by atoms with van der Waals surface area (Å²) < 4.78 is 1.81. The van der Waals surface area contributed by atoms with E-state index in [0.717, 1.165) is 11.2 Å². The van der Waals surface area contributed by atoms with Crippen LogP contribution in [0.2, 0.25) is 0 Å². The van der Waals surface area contributed by atoms with Crippen molar-refractivity contribution in [1.82, 2.24) is 14.6 Å². The Hall–Kier alpha value is -3.66. The van der Waals surface area contributed by atoms with Gasteiger partial charge in [-0.05, 0) is 28.8 Å². The van der Waals surface area contributed by atoms with Crippen molar-refractivity contribution in [3.8, 4) is 11.1 Å². The molecule has 0 amide bonds. The van der Waals surface area contributed by atoms with Crippen LogP contribution in [-0.2, 0) is 6.42 Å². The number of hydrogen-bond acceptors (Lipinski definition) is 2. The summed E-state index contributed by atoms with van der Waals surface area (Å²) in [4.78, 5) is 15.2. The summed E-state index contributed by atoms with van der Waals surface area (Å²) in [6.07, 6.45) is 0.707. The molecule has 1 N–H and O–H groups in total. The summed E-state index contributed by atoms with van der Waals surface area (Å²) in [5.41, 5.74) is 5.95. The molecule has 4 heteroatoms. The Balaban J connectivity index is 1.56. The van der Waals surface area contributed by atoms with Crippen LogP contribution in [-0.4, -0.2) is 14.6 Å². The van der Waals surface area contributed by atoms with Gasteiger partial charge in [-0.3, -0.25) is 4.79 Å². The van der Waals surface area contributed by atoms with Gasteiger partial charge in [0.1, 0.15) is 5.65 Å². The van der Waals surface area contributed by atoms with Gasteiger partial charge in [0.25, 0.3) is 5.56 Å². The number of nitrogens with one attached hydrogen (secondary N) is 1. The summed E-state index contributed by atoms with van der Waals surface area (Å²) in [6, 6.07) is 28.3. The second kappa shape index (κ2) is 6.25. The molecule has 0 saturated heterocycles. The lowest BCUT2D eigenvalue weighted by Crippen LogP contribution is -2.09. The molecule has 5 aromatic rings. The number of nitrogens with zero attached hydrogens (tertiary/aromatic N) is 2. The Morgan fingerprint density at radius 2 is 1.59 bits per heavy atom. The fourth-order valence-corrected chi connectivity index (χ4v) is 3.52. The topological polar surface area (TPSA) is 50.2 Å². The van der Waals surface area contributed by atoms with Crippen LogP contribution in [0.5, 0.6) is 0 Å². The number of rotatable bonds is 3. The number of para-hydroxylation sites is 1. The molecule has 2 aromatic heterocycles. The van der Waals surface area contributed by atoms with E-state index in [2.05, 4.69) is 41.4 Å². The molecular weight excluding hydrogens is 334 g/mol. The van der Waals surface area contributed by atoms with E-state index >= 15 is 0 Å². The summed E-state index contributed by atoms with van der Waals surface area (Å²) in [6.45, 7) is 0. The SMILES string of the molecule is O=c1[nH]c2cc(Cc3cccc(-c4ccccc4)c3)nn2c2ccccc12. The van der Waals surface area contributed by atoms with E-state index in [0.29, 0.717) is 17.5 Å². The molecule has 130 valence electrons. The highest BCUT2D eigenvalue weighted by molar-refractivity contribution is 5.80. The highest BCUT2D eigenvalue weighted by Gasteiger charge is 2.09. The van der Waals surface area contributed by atoms with Gasteiger partial charge in [-0.15, -0.1) is 0 Å². The molecule has 0 atom stereocenters. The average molecular weight is 351 g/mol. The van der Waals surface area contributed by atoms with E-state index in [1.165, 1.54) is 16.7 Å². The highest BCUT2D eigenvalue weighted by atomic mass is 16.1. The Morgan fingerprint density at radius 1 is 0.815 bits per heavy atom. The molecule has 0 aliphatic carbocycles. The first-order chi connectivity index (χ1) is 13.3. The molecule has 5 rings (SSSR count). The van der Waals surface area contributed by atoms with Crippen molar-refractivity contribution in [2.75, 3.05) is 0 Å². The fraction of sp³-hybridized carbons (Fsp3) is 0.0435. The first-order valence-corrected chi connectivity index (χ1v) is 8.92. The average Bonchev–Trinajstić information content (AvgIpc) is 3.11. The van der Waals surface area contributed by atoms with E-state index in [1.807, 2.05) is 53.0 Å². The number of aromatic nitrogens is 3. The Kier molecular flexibility index (Phi) is 3.61. The maximum atomic E-state index is 12.3. The van der Waals surface area contributed by atoms with Crippen molar-refractivity contribution in [3.05, 3.63) is 107 Å². The lowest BCUT2D eigenvalue weighted by atomic mass is 10.0. The molecule has 3 aromatic carbocycles. The van der Waals surface area contributed by atoms with Crippen LogP contribution in [0, 0.1) is 0 Å². The van der Waals surface area contributed by atoms with Crippen LogP contribution >= 0.6 is 0 Å². The Morgan fingerprint density at radius 3 is 2.48 bits per heavy atom. The van der Waals surface area contributed by atoms with Crippen molar-refractivity contribution in [2.24, 2.45) is 0 Å². The maximum absolute atomic E-state index is 12.3. The summed E-state index contributed by atoms with van der Waals surface area (Å²) in [7, 11) is 0. The maximum Gasteiger partial charge on any atom is 0.259 e. The molecule has 0 saturated carbocycles. The first kappa shape index (κ1) is 15.6. The second-order valence-electron chi connectivity index (χ2n) is 6.65. The van der Waals surface area contributed by atoms with Gasteiger partial charge in [0.2, 0.25) is 0 Å². The van der Waals surface area contributed by atoms with Crippen molar-refractivity contribution >= 4 is 16.6 Å². The molecule has 4 nitrogen and oxygen atoms in total. The Bertz CT molecular complexity index is 1320. The van der Waals surface area contributed by atoms with Crippen molar-refractivity contribution < 1.29 is 0 Å². The molecule has 2 heterocycles. The molecule has 0 radical (unpaired) electrons. The summed E-state index contributed by atoms with van der Waals surface area (Å²) in [5.74, 6) is 0. The van der Waals surface area contributed by atoms with Gasteiger partial charge in [0, 0.05) is 12.5 Å². The smallest absolute Gasteiger partial charge is 0.259 e. The molecule has 0 bridgehead atoms. The van der Waals surface area contributed by atoms with Crippen LogP contribution in [0.25, 0.3) is 27.7 Å². The highest BCUT2D eigenvalue weighted by Crippen LogP contribution is 2.22. The molecule has 0 aliphatic rings. The molecule has 27 heavy (non-hydrogen) atoms. The van der Waals surface area contributed by atoms with Gasteiger partial charge in [0.05, 0.1) is 16.6 Å². The van der Waals surface area contributed by atoms with E-state index in [1.54, 1.807) is 0 Å². The van der Waals surface area contributed by atoms with Crippen LogP contribution in [0.15, 0.2) is 89.7 Å². The van der Waals surface area contributed by atoms with Gasteiger partial charge in [-0.25, -0.2) is 4.52 Å². The minimum atomic E-state index is -0.0874. The number of hydrogen-bond donors (Lipinski definition) is 1. The first-order valence-electron chi connectivity index (χ1n) is 8.92. The third kappa shape index (κ3) is 2.81. The minimum absolute atomic E-state index is 0.0874. The predicted molar refractivity (Wildman–Crippen MR) is 108 cm³/mol. The van der Waals surface area contributed by atoms with Crippen LogP contribution < -0.4 is 5.56 Å². The third-order valence-corrected chi connectivity index (χ3v) is 4.80. The van der Waals surface area contributed by atoms with Crippen molar-refractivity contribution in [2.45, 2.75) is 6.42 Å². The van der Waals surface area contributed by atoms with E-state index < -0.39 is 0 Å². The van der Waals surface area contributed by atoms with Crippen LogP contribution in [0.3, 0.4) is 0 Å². The quantitative estimate of drug-likeness (QED) is 0.523. The second-order valence-corrected chi connectivity index (χ2v) is 6.65. The fourth-order valence-electron chi connectivity index (χ4n) is 3.52. The largest absolute Gasteiger partial charge is 0.306 e. The third-order valence-electron chi connectivity index (χ3n) is 4.80. The number of benzene rings is 3. The molecule has 0 unspecified atom stereocenters. The zero-order valence-corrected chi connectivity index (χ0v) is 14.6. The number of H-pyrrole nitrogens is 1. The zero-order valence-electron chi connectivity index (χ0n) is 14.6. The van der Waals surface area contributed by atoms with Crippen LogP contribution in [0.1, 0.15) is 11.3 Å². The summed E-state index contributed by atoms with van der Waals surface area (Å²) >= 11 is 0. The number of fused-ring (bicyclic) bond motifs is 3. The monoisotopic (exact) mass is 351 g/mol. The van der Waals surface area contributed by atoms with E-state index in [4.69, 9.17) is 5.10 Å². The van der Waals surface area contributed by atoms with Crippen LogP contribution in [0.4, 0.5) is 0 Å². The van der Waals surface area contributed by atoms with Gasteiger partial charge in [-0.2, -0.15) is 5.10 Å². The molecule has 0 fully saturated rings. The standard InChI is InChI=1S/C23H17N3O/c27-23-20-11-4-5-12-21(20)26-22(24-23)15-19(25-26)14-16-7-6-10-18(13-16)17-8-2-1-3-9-17/h1-13,15H,14H2,(H,24,27). The summed E-state index contributed by atoms with van der Waals surface area (Å²) in [5, 5.41) is 5.37. The Labute approximate surface area is 155 Å². The predicted octanol–water partition coefficient (Wildman–Crippen LogP) is 4.43. The number of aromatic amines is 1. The molecule has 0 aliphatic heterocycles. The zero-order chi connectivity index (χ0) is 18.2.